The molecule has 1 aromatic rings. The lowest BCUT2D eigenvalue weighted by molar-refractivity contribution is 0.211. The van der Waals surface area contributed by atoms with Gasteiger partial charge in [0.15, 0.2) is 0 Å². The van der Waals surface area contributed by atoms with E-state index in [1.807, 2.05) is 7.05 Å². The maximum atomic E-state index is 13.2. The lowest BCUT2D eigenvalue weighted by Crippen LogP contribution is -2.39. The van der Waals surface area contributed by atoms with Crippen LogP contribution < -0.4 is 4.72 Å². The number of benzene rings is 1. The number of hydrogen-bond acceptors (Lipinski definition) is 3. The van der Waals surface area contributed by atoms with Gasteiger partial charge in [0.1, 0.15) is 5.82 Å². The van der Waals surface area contributed by atoms with Crippen molar-refractivity contribution >= 4 is 10.0 Å². The second kappa shape index (κ2) is 6.20. The molecule has 0 amide bonds. The molecule has 0 radical (unpaired) electrons. The van der Waals surface area contributed by atoms with Gasteiger partial charge in [-0.3, -0.25) is 0 Å². The molecule has 1 fully saturated rings. The predicted molar refractivity (Wildman–Crippen MR) is 76.5 cm³/mol. The number of likely N-dealkylation sites (tertiary alicyclic amines) is 1. The van der Waals surface area contributed by atoms with E-state index in [4.69, 9.17) is 0 Å². The van der Waals surface area contributed by atoms with Crippen LogP contribution in [0.4, 0.5) is 4.39 Å². The highest BCUT2D eigenvalue weighted by Crippen LogP contribution is 2.18. The number of nitrogens with one attached hydrogen (secondary N) is 1. The Balaban J connectivity index is 2.05. The van der Waals surface area contributed by atoms with Crippen LogP contribution >= 0.6 is 0 Å². The summed E-state index contributed by atoms with van der Waals surface area (Å²) in [6.07, 6.45) is 2.11. The first-order valence-electron chi connectivity index (χ1n) is 6.83. The van der Waals surface area contributed by atoms with Crippen LogP contribution in [0.3, 0.4) is 0 Å². The Morgan fingerprint density at radius 1 is 1.45 bits per heavy atom. The average Bonchev–Trinajstić information content (AvgIpc) is 2.39. The van der Waals surface area contributed by atoms with Crippen LogP contribution in [0, 0.1) is 18.7 Å². The molecule has 0 aromatic heterocycles. The minimum atomic E-state index is -3.64. The predicted octanol–water partition coefficient (Wildman–Crippen LogP) is 1.75. The van der Waals surface area contributed by atoms with Crippen molar-refractivity contribution in [1.82, 2.24) is 9.62 Å². The van der Waals surface area contributed by atoms with Gasteiger partial charge < -0.3 is 4.90 Å². The zero-order valence-corrected chi connectivity index (χ0v) is 12.7. The molecule has 20 heavy (non-hydrogen) atoms. The molecule has 1 N–H and O–H groups in total. The molecule has 1 saturated heterocycles. The van der Waals surface area contributed by atoms with Gasteiger partial charge in [0.2, 0.25) is 10.0 Å². The minimum absolute atomic E-state index is 0.0293. The van der Waals surface area contributed by atoms with Crippen LogP contribution in [0.2, 0.25) is 0 Å². The highest BCUT2D eigenvalue weighted by atomic mass is 32.2. The number of sulfonamides is 1. The quantitative estimate of drug-likeness (QED) is 0.922. The van der Waals surface area contributed by atoms with Crippen LogP contribution in [0.25, 0.3) is 0 Å². The van der Waals surface area contributed by atoms with Gasteiger partial charge in [-0.25, -0.2) is 17.5 Å². The highest BCUT2D eigenvalue weighted by molar-refractivity contribution is 7.89. The zero-order valence-electron chi connectivity index (χ0n) is 11.9. The number of rotatable bonds is 4. The molecule has 1 atom stereocenters. The molecular weight excluding hydrogens is 279 g/mol. The number of piperidine rings is 1. The van der Waals surface area contributed by atoms with E-state index in [2.05, 4.69) is 9.62 Å². The lowest BCUT2D eigenvalue weighted by atomic mass is 9.99. The van der Waals surface area contributed by atoms with Crippen LogP contribution in [0.5, 0.6) is 0 Å². The summed E-state index contributed by atoms with van der Waals surface area (Å²) in [5.41, 5.74) is 0.555. The van der Waals surface area contributed by atoms with Crippen molar-refractivity contribution in [2.45, 2.75) is 24.7 Å². The van der Waals surface area contributed by atoms with Gasteiger partial charge >= 0.3 is 0 Å². The number of hydrogen-bond donors (Lipinski definition) is 1. The fourth-order valence-electron chi connectivity index (χ4n) is 2.61. The molecule has 112 valence electrons. The summed E-state index contributed by atoms with van der Waals surface area (Å²) >= 11 is 0. The van der Waals surface area contributed by atoms with Crippen LogP contribution in [0.15, 0.2) is 23.1 Å². The first-order valence-corrected chi connectivity index (χ1v) is 8.31. The maximum Gasteiger partial charge on any atom is 0.240 e. The molecule has 6 heteroatoms. The molecule has 0 aliphatic carbocycles. The Labute approximate surface area is 120 Å². The third kappa shape index (κ3) is 3.77. The molecule has 2 rings (SSSR count). The maximum absolute atomic E-state index is 13.2. The minimum Gasteiger partial charge on any atom is -0.306 e. The van der Waals surface area contributed by atoms with Crippen molar-refractivity contribution in [3.63, 3.8) is 0 Å². The first-order chi connectivity index (χ1) is 9.38. The largest absolute Gasteiger partial charge is 0.306 e. The normalized spacial score (nSPS) is 21.1. The van der Waals surface area contributed by atoms with Gasteiger partial charge in [-0.05, 0) is 57.0 Å². The van der Waals surface area contributed by atoms with Crippen LogP contribution in [-0.2, 0) is 10.0 Å². The van der Waals surface area contributed by atoms with E-state index in [0.29, 0.717) is 18.0 Å². The summed E-state index contributed by atoms with van der Waals surface area (Å²) in [5, 5.41) is 0. The molecule has 1 aliphatic rings. The van der Waals surface area contributed by atoms with E-state index in [-0.39, 0.29) is 4.90 Å². The molecule has 1 unspecified atom stereocenters. The second-order valence-corrected chi connectivity index (χ2v) is 7.27. The lowest BCUT2D eigenvalue weighted by Gasteiger charge is -2.29. The smallest absolute Gasteiger partial charge is 0.240 e. The van der Waals surface area contributed by atoms with Crippen LogP contribution in [-0.4, -0.2) is 40.0 Å². The Morgan fingerprint density at radius 2 is 2.20 bits per heavy atom. The molecule has 0 saturated carbocycles. The first kappa shape index (κ1) is 15.4. The van der Waals surface area contributed by atoms with Crippen molar-refractivity contribution in [1.29, 1.82) is 0 Å². The van der Waals surface area contributed by atoms with Gasteiger partial charge in [0, 0.05) is 13.1 Å². The van der Waals surface area contributed by atoms with E-state index in [1.165, 1.54) is 12.1 Å². The van der Waals surface area contributed by atoms with Crippen molar-refractivity contribution in [2.24, 2.45) is 5.92 Å². The summed E-state index contributed by atoms with van der Waals surface area (Å²) in [6, 6.07) is 3.83. The molecule has 0 bridgehead atoms. The summed E-state index contributed by atoms with van der Waals surface area (Å²) in [7, 11) is -1.60. The second-order valence-electron chi connectivity index (χ2n) is 5.53. The van der Waals surface area contributed by atoms with E-state index in [0.717, 1.165) is 32.0 Å². The Morgan fingerprint density at radius 3 is 2.90 bits per heavy atom. The van der Waals surface area contributed by atoms with E-state index < -0.39 is 15.8 Å². The topological polar surface area (TPSA) is 49.4 Å². The summed E-state index contributed by atoms with van der Waals surface area (Å²) < 4.78 is 40.3. The summed E-state index contributed by atoms with van der Waals surface area (Å²) in [4.78, 5) is 2.23. The number of aryl methyl sites for hydroxylation is 1. The summed E-state index contributed by atoms with van der Waals surface area (Å²) in [6.45, 7) is 4.03. The third-order valence-corrected chi connectivity index (χ3v) is 5.29. The average molecular weight is 300 g/mol. The van der Waals surface area contributed by atoms with Crippen molar-refractivity contribution in [3.05, 3.63) is 29.6 Å². The van der Waals surface area contributed by atoms with Crippen molar-refractivity contribution in [3.8, 4) is 0 Å². The highest BCUT2D eigenvalue weighted by Gasteiger charge is 2.22. The molecular formula is C14H21FN2O2S. The molecule has 1 aromatic carbocycles. The van der Waals surface area contributed by atoms with Gasteiger partial charge in [-0.1, -0.05) is 6.07 Å². The van der Waals surface area contributed by atoms with Gasteiger partial charge in [-0.2, -0.15) is 0 Å². The van der Waals surface area contributed by atoms with Crippen molar-refractivity contribution < 1.29 is 12.8 Å². The molecule has 0 spiro atoms. The standard InChI is InChI=1S/C14H21FN2O2S/c1-11-5-6-13(15)8-14(11)20(18,19)16-9-12-4-3-7-17(2)10-12/h5-6,8,12,16H,3-4,7,9-10H2,1-2H3. The number of nitrogens with zero attached hydrogens (tertiary/aromatic N) is 1. The molecule has 1 aliphatic heterocycles. The van der Waals surface area contributed by atoms with E-state index >= 15 is 0 Å². The SMILES string of the molecule is Cc1ccc(F)cc1S(=O)(=O)NCC1CCCN(C)C1. The van der Waals surface area contributed by atoms with E-state index in [9.17, 15) is 12.8 Å². The fraction of sp³-hybridized carbons (Fsp3) is 0.571. The van der Waals surface area contributed by atoms with Gasteiger partial charge in [-0.15, -0.1) is 0 Å². The molecule has 4 nitrogen and oxygen atoms in total. The van der Waals surface area contributed by atoms with Crippen LogP contribution in [0.1, 0.15) is 18.4 Å². The van der Waals surface area contributed by atoms with Crippen molar-refractivity contribution in [2.75, 3.05) is 26.7 Å². The van der Waals surface area contributed by atoms with E-state index in [1.54, 1.807) is 6.92 Å². The number of halogens is 1. The monoisotopic (exact) mass is 300 g/mol. The van der Waals surface area contributed by atoms with Gasteiger partial charge in [0.05, 0.1) is 4.90 Å². The Kier molecular flexibility index (Phi) is 4.78. The zero-order chi connectivity index (χ0) is 14.8. The summed E-state index contributed by atoms with van der Waals surface area (Å²) in [5.74, 6) is -0.217. The fourth-order valence-corrected chi connectivity index (χ4v) is 3.98. The Bertz CT molecular complexity index is 575. The molecule has 1 heterocycles. The third-order valence-electron chi connectivity index (χ3n) is 3.72. The van der Waals surface area contributed by atoms with Gasteiger partial charge in [0.25, 0.3) is 0 Å². The Hall–Kier alpha value is -0.980.